The molecule has 2 atom stereocenters. The SMILES string of the molecule is CCN(CC)C(=O)N[C@H]1C=C2c3cccc4[nH]c(C(=O)NC)c(c34)C[C@H]2N(C)C1. The number of hydrogen-bond donors (Lipinski definition) is 3. The molecule has 4 rings (SSSR count). The van der Waals surface area contributed by atoms with Crippen LogP contribution in [0.25, 0.3) is 16.5 Å². The maximum absolute atomic E-state index is 12.6. The Balaban J connectivity index is 1.75. The molecule has 0 spiro atoms. The van der Waals surface area contributed by atoms with Gasteiger partial charge in [-0.05, 0) is 50.1 Å². The summed E-state index contributed by atoms with van der Waals surface area (Å²) < 4.78 is 0. The lowest BCUT2D eigenvalue weighted by molar-refractivity contribution is 0.0957. The molecule has 29 heavy (non-hydrogen) atoms. The molecule has 1 aromatic carbocycles. The first-order chi connectivity index (χ1) is 14.0. The van der Waals surface area contributed by atoms with Gasteiger partial charge in [0.1, 0.15) is 5.69 Å². The van der Waals surface area contributed by atoms with Crippen LogP contribution in [-0.2, 0) is 6.42 Å². The number of rotatable bonds is 4. The van der Waals surface area contributed by atoms with Crippen LogP contribution in [0.2, 0.25) is 0 Å². The Labute approximate surface area is 171 Å². The average molecular weight is 396 g/mol. The number of amides is 3. The fourth-order valence-corrected chi connectivity index (χ4v) is 4.71. The van der Waals surface area contributed by atoms with Crippen LogP contribution in [0.15, 0.2) is 24.3 Å². The van der Waals surface area contributed by atoms with Crippen LogP contribution in [-0.4, -0.2) is 72.5 Å². The van der Waals surface area contributed by atoms with Gasteiger partial charge in [0, 0.05) is 43.6 Å². The molecule has 0 saturated carbocycles. The van der Waals surface area contributed by atoms with Gasteiger partial charge in [0.05, 0.1) is 6.04 Å². The van der Waals surface area contributed by atoms with Crippen molar-refractivity contribution in [1.82, 2.24) is 25.4 Å². The summed E-state index contributed by atoms with van der Waals surface area (Å²) in [5.74, 6) is -0.0857. The number of carbonyl (C=O) groups excluding carboxylic acids is 2. The van der Waals surface area contributed by atoms with E-state index in [1.165, 1.54) is 5.57 Å². The van der Waals surface area contributed by atoms with E-state index >= 15 is 0 Å². The zero-order valence-electron chi connectivity index (χ0n) is 17.5. The Bertz CT molecular complexity index is 988. The molecule has 3 amide bonds. The number of urea groups is 1. The van der Waals surface area contributed by atoms with E-state index in [4.69, 9.17) is 0 Å². The van der Waals surface area contributed by atoms with Gasteiger partial charge < -0.3 is 20.5 Å². The fourth-order valence-electron chi connectivity index (χ4n) is 4.71. The van der Waals surface area contributed by atoms with Crippen LogP contribution in [0.3, 0.4) is 0 Å². The number of benzene rings is 1. The van der Waals surface area contributed by atoms with Crippen LogP contribution in [0.5, 0.6) is 0 Å². The monoisotopic (exact) mass is 395 g/mol. The van der Waals surface area contributed by atoms with Crippen LogP contribution in [0, 0.1) is 0 Å². The molecule has 0 radical (unpaired) electrons. The van der Waals surface area contributed by atoms with Crippen LogP contribution in [0.1, 0.15) is 35.5 Å². The summed E-state index contributed by atoms with van der Waals surface area (Å²) in [5, 5.41) is 7.04. The van der Waals surface area contributed by atoms with Crippen LogP contribution < -0.4 is 10.6 Å². The molecule has 7 nitrogen and oxygen atoms in total. The van der Waals surface area contributed by atoms with Crippen LogP contribution >= 0.6 is 0 Å². The second kappa shape index (κ2) is 7.55. The van der Waals surface area contributed by atoms with Gasteiger partial charge >= 0.3 is 6.03 Å². The molecular weight excluding hydrogens is 366 g/mol. The number of likely N-dealkylation sites (N-methyl/N-ethyl adjacent to an activating group) is 1. The lowest BCUT2D eigenvalue weighted by Crippen LogP contribution is -2.52. The third kappa shape index (κ3) is 3.19. The molecule has 0 fully saturated rings. The zero-order chi connectivity index (χ0) is 20.7. The summed E-state index contributed by atoms with van der Waals surface area (Å²) in [6, 6.07) is 6.27. The van der Waals surface area contributed by atoms with Gasteiger partial charge in [0.25, 0.3) is 5.91 Å². The van der Waals surface area contributed by atoms with E-state index in [1.54, 1.807) is 11.9 Å². The van der Waals surface area contributed by atoms with Crippen molar-refractivity contribution in [2.24, 2.45) is 0 Å². The number of nitrogens with zero attached hydrogens (tertiary/aromatic N) is 2. The molecule has 2 aliphatic rings. The number of nitrogens with one attached hydrogen (secondary N) is 3. The van der Waals surface area contributed by atoms with Crippen molar-refractivity contribution in [3.8, 4) is 0 Å². The van der Waals surface area contributed by atoms with Gasteiger partial charge in [-0.25, -0.2) is 4.79 Å². The summed E-state index contributed by atoms with van der Waals surface area (Å²) >= 11 is 0. The molecule has 2 aromatic rings. The number of aromatic amines is 1. The molecule has 1 aliphatic carbocycles. The quantitative estimate of drug-likeness (QED) is 0.742. The van der Waals surface area contributed by atoms with Crippen molar-refractivity contribution in [2.45, 2.75) is 32.4 Å². The number of H-pyrrole nitrogens is 1. The first kappa shape index (κ1) is 19.5. The topological polar surface area (TPSA) is 80.5 Å². The second-order valence-corrected chi connectivity index (χ2v) is 7.80. The van der Waals surface area contributed by atoms with E-state index < -0.39 is 0 Å². The highest BCUT2D eigenvalue weighted by atomic mass is 16.2. The molecule has 1 aliphatic heterocycles. The van der Waals surface area contributed by atoms with E-state index in [9.17, 15) is 9.59 Å². The number of carbonyl (C=O) groups is 2. The lowest BCUT2D eigenvalue weighted by atomic mass is 9.80. The first-order valence-electron chi connectivity index (χ1n) is 10.3. The Hall–Kier alpha value is -2.80. The predicted octanol–water partition coefficient (Wildman–Crippen LogP) is 2.20. The molecule has 7 heteroatoms. The normalized spacial score (nSPS) is 20.8. The van der Waals surface area contributed by atoms with Crippen molar-refractivity contribution < 1.29 is 9.59 Å². The van der Waals surface area contributed by atoms with E-state index in [2.05, 4.69) is 39.7 Å². The van der Waals surface area contributed by atoms with Crippen LogP contribution in [0.4, 0.5) is 4.79 Å². The van der Waals surface area contributed by atoms with Gasteiger partial charge in [-0.1, -0.05) is 18.2 Å². The second-order valence-electron chi connectivity index (χ2n) is 7.80. The van der Waals surface area contributed by atoms with E-state index in [1.807, 2.05) is 26.0 Å². The van der Waals surface area contributed by atoms with Crippen molar-refractivity contribution in [1.29, 1.82) is 0 Å². The number of aromatic nitrogens is 1. The summed E-state index contributed by atoms with van der Waals surface area (Å²) in [5.41, 5.74) is 5.08. The summed E-state index contributed by atoms with van der Waals surface area (Å²) in [6.45, 7) is 6.11. The van der Waals surface area contributed by atoms with Crippen molar-refractivity contribution in [3.05, 3.63) is 41.1 Å². The van der Waals surface area contributed by atoms with E-state index in [0.717, 1.165) is 35.0 Å². The lowest BCUT2D eigenvalue weighted by Gasteiger charge is -2.40. The highest BCUT2D eigenvalue weighted by Crippen LogP contribution is 2.41. The van der Waals surface area contributed by atoms with Gasteiger partial charge in [-0.3, -0.25) is 9.69 Å². The maximum Gasteiger partial charge on any atom is 0.317 e. The predicted molar refractivity (Wildman–Crippen MR) is 115 cm³/mol. The minimum Gasteiger partial charge on any atom is -0.354 e. The zero-order valence-corrected chi connectivity index (χ0v) is 17.5. The van der Waals surface area contributed by atoms with Gasteiger partial charge in [-0.2, -0.15) is 0 Å². The molecular formula is C22H29N5O2. The third-order valence-electron chi connectivity index (χ3n) is 6.21. The minimum absolute atomic E-state index is 0.0260. The number of hydrogen-bond acceptors (Lipinski definition) is 3. The smallest absolute Gasteiger partial charge is 0.317 e. The third-order valence-corrected chi connectivity index (χ3v) is 6.21. The molecule has 0 bridgehead atoms. The molecule has 1 aromatic heterocycles. The first-order valence-corrected chi connectivity index (χ1v) is 10.3. The summed E-state index contributed by atoms with van der Waals surface area (Å²) in [4.78, 5) is 32.4. The minimum atomic E-state index is -0.0857. The van der Waals surface area contributed by atoms with E-state index in [0.29, 0.717) is 18.8 Å². The Morgan fingerprint density at radius 3 is 2.72 bits per heavy atom. The molecule has 3 N–H and O–H groups in total. The van der Waals surface area contributed by atoms with Gasteiger partial charge in [0.15, 0.2) is 0 Å². The molecule has 0 unspecified atom stereocenters. The average Bonchev–Trinajstić information content (AvgIpc) is 3.09. The molecule has 0 saturated heterocycles. The van der Waals surface area contributed by atoms with Gasteiger partial charge in [0.2, 0.25) is 0 Å². The largest absolute Gasteiger partial charge is 0.354 e. The van der Waals surface area contributed by atoms with Crippen molar-refractivity contribution in [3.63, 3.8) is 0 Å². The molecule has 154 valence electrons. The Kier molecular flexibility index (Phi) is 5.08. The fraction of sp³-hybridized carbons (Fsp3) is 0.455. The van der Waals surface area contributed by atoms with Crippen molar-refractivity contribution in [2.75, 3.05) is 33.7 Å². The number of fused-ring (bicyclic) bond motifs is 2. The maximum atomic E-state index is 12.6. The highest BCUT2D eigenvalue weighted by Gasteiger charge is 2.36. The van der Waals surface area contributed by atoms with Crippen molar-refractivity contribution >= 4 is 28.4 Å². The Morgan fingerprint density at radius 1 is 1.28 bits per heavy atom. The summed E-state index contributed by atoms with van der Waals surface area (Å²) in [7, 11) is 3.75. The highest BCUT2D eigenvalue weighted by molar-refractivity contribution is 6.06. The Morgan fingerprint density at radius 2 is 2.03 bits per heavy atom. The van der Waals surface area contributed by atoms with E-state index in [-0.39, 0.29) is 24.0 Å². The summed E-state index contributed by atoms with van der Waals surface area (Å²) in [6.07, 6.45) is 2.98. The standard InChI is InChI=1S/C22H29N5O2/c1-5-27(6-2)22(29)24-13-10-15-14-8-7-9-17-19(14)16(11-18(15)26(4)12-13)20(25-17)21(28)23-3/h7-10,13,18,25H,5-6,11-12H2,1-4H3,(H,23,28)(H,24,29)/t13-,18+/m0/s1. The molecule has 2 heterocycles. The van der Waals surface area contributed by atoms with Gasteiger partial charge in [-0.15, -0.1) is 0 Å².